The lowest BCUT2D eigenvalue weighted by Crippen LogP contribution is -2.56. The molecule has 4 heteroatoms. The number of hydrogen-bond donors (Lipinski definition) is 4. The minimum Gasteiger partial charge on any atom is -0.392 e. The molecule has 0 unspecified atom stereocenters. The van der Waals surface area contributed by atoms with Gasteiger partial charge in [0.1, 0.15) is 5.60 Å². The molecule has 0 saturated heterocycles. The summed E-state index contributed by atoms with van der Waals surface area (Å²) in [7, 11) is 0. The molecule has 0 amide bonds. The van der Waals surface area contributed by atoms with E-state index in [-0.39, 0.29) is 23.2 Å². The molecule has 1 spiro atoms. The van der Waals surface area contributed by atoms with Crippen LogP contribution in [0.1, 0.15) is 59.3 Å². The highest BCUT2D eigenvalue weighted by Gasteiger charge is 2.69. The van der Waals surface area contributed by atoms with Crippen molar-refractivity contribution in [2.45, 2.75) is 82.7 Å². The zero-order valence-corrected chi connectivity index (χ0v) is 15.1. The first-order valence-corrected chi connectivity index (χ1v) is 9.45. The van der Waals surface area contributed by atoms with E-state index in [1.807, 2.05) is 20.8 Å². The van der Waals surface area contributed by atoms with Crippen molar-refractivity contribution in [3.8, 4) is 0 Å². The van der Waals surface area contributed by atoms with Crippen LogP contribution in [0.15, 0.2) is 12.2 Å². The van der Waals surface area contributed by atoms with Gasteiger partial charge in [-0.2, -0.15) is 0 Å². The van der Waals surface area contributed by atoms with Crippen LogP contribution in [-0.2, 0) is 0 Å². The van der Waals surface area contributed by atoms with Gasteiger partial charge in [-0.25, -0.2) is 0 Å². The second-order valence-corrected chi connectivity index (χ2v) is 10.1. The van der Waals surface area contributed by atoms with Crippen molar-refractivity contribution in [2.75, 3.05) is 0 Å². The van der Waals surface area contributed by atoms with E-state index >= 15 is 0 Å². The summed E-state index contributed by atoms with van der Waals surface area (Å²) in [6, 6.07) is 0. The summed E-state index contributed by atoms with van der Waals surface area (Å²) in [5, 5.41) is 44.1. The van der Waals surface area contributed by atoms with Crippen LogP contribution in [0, 0.1) is 28.6 Å². The molecule has 4 saturated carbocycles. The molecule has 0 aromatic heterocycles. The molecular formula is C20H32O4. The Morgan fingerprint density at radius 1 is 0.958 bits per heavy atom. The van der Waals surface area contributed by atoms with Crippen LogP contribution < -0.4 is 0 Å². The largest absolute Gasteiger partial charge is 0.392 e. The van der Waals surface area contributed by atoms with Crippen LogP contribution >= 0.6 is 0 Å². The SMILES string of the molecule is C=C1[C@@H]2CC[C@@H]3C[C@@]2(C[C@@H](O)[C@@]2(O)[C@H]1C[C@@H](O)C2(C)C)C[C@@]3(C)O. The number of rotatable bonds is 0. The molecule has 0 aromatic rings. The maximum Gasteiger partial charge on any atom is 0.105 e. The van der Waals surface area contributed by atoms with Gasteiger partial charge in [0.15, 0.2) is 0 Å². The third-order valence-corrected chi connectivity index (χ3v) is 8.64. The summed E-state index contributed by atoms with van der Waals surface area (Å²) in [6.45, 7) is 10.0. The highest BCUT2D eigenvalue weighted by molar-refractivity contribution is 5.30. The van der Waals surface area contributed by atoms with Gasteiger partial charge >= 0.3 is 0 Å². The third kappa shape index (κ3) is 1.78. The van der Waals surface area contributed by atoms with Crippen LogP contribution in [0.25, 0.3) is 0 Å². The van der Waals surface area contributed by atoms with Crippen molar-refractivity contribution in [1.82, 2.24) is 0 Å². The number of aliphatic hydroxyl groups excluding tert-OH is 2. The van der Waals surface area contributed by atoms with E-state index < -0.39 is 28.8 Å². The predicted molar refractivity (Wildman–Crippen MR) is 91.1 cm³/mol. The smallest absolute Gasteiger partial charge is 0.105 e. The van der Waals surface area contributed by atoms with E-state index in [1.165, 1.54) is 0 Å². The molecule has 8 atom stereocenters. The van der Waals surface area contributed by atoms with Gasteiger partial charge in [-0.15, -0.1) is 0 Å². The summed E-state index contributed by atoms with van der Waals surface area (Å²) in [4.78, 5) is 0. The van der Waals surface area contributed by atoms with Crippen molar-refractivity contribution < 1.29 is 20.4 Å². The topological polar surface area (TPSA) is 80.9 Å². The summed E-state index contributed by atoms with van der Waals surface area (Å²) in [5.74, 6) is 0.224. The zero-order chi connectivity index (χ0) is 17.7. The average Bonchev–Trinajstić information content (AvgIpc) is 2.76. The number of hydrogen-bond acceptors (Lipinski definition) is 4. The van der Waals surface area contributed by atoms with Crippen molar-refractivity contribution in [2.24, 2.45) is 28.6 Å². The van der Waals surface area contributed by atoms with Crippen LogP contribution in [0.4, 0.5) is 0 Å². The van der Waals surface area contributed by atoms with Crippen molar-refractivity contribution in [1.29, 1.82) is 0 Å². The third-order valence-electron chi connectivity index (χ3n) is 8.64. The first-order chi connectivity index (χ1) is 11.0. The van der Waals surface area contributed by atoms with Gasteiger partial charge in [-0.05, 0) is 62.7 Å². The molecule has 0 aromatic carbocycles. The van der Waals surface area contributed by atoms with Gasteiger partial charge in [0.25, 0.3) is 0 Å². The quantitative estimate of drug-likeness (QED) is 0.510. The lowest BCUT2D eigenvalue weighted by Gasteiger charge is -2.45. The molecule has 4 N–H and O–H groups in total. The molecule has 4 aliphatic carbocycles. The number of fused-ring (bicyclic) bond motifs is 2. The normalized spacial score (nSPS) is 59.0. The van der Waals surface area contributed by atoms with Gasteiger partial charge in [-0.3, -0.25) is 0 Å². The fraction of sp³-hybridized carbons (Fsp3) is 0.900. The van der Waals surface area contributed by atoms with Gasteiger partial charge in [-0.1, -0.05) is 26.0 Å². The molecule has 0 radical (unpaired) electrons. The molecule has 136 valence electrons. The fourth-order valence-corrected chi connectivity index (χ4v) is 7.16. The summed E-state index contributed by atoms with van der Waals surface area (Å²) in [5.41, 5.74) is -1.98. The predicted octanol–water partition coefficient (Wildman–Crippen LogP) is 2.00. The van der Waals surface area contributed by atoms with Crippen molar-refractivity contribution in [3.63, 3.8) is 0 Å². The Morgan fingerprint density at radius 3 is 2.29 bits per heavy atom. The van der Waals surface area contributed by atoms with Crippen molar-refractivity contribution in [3.05, 3.63) is 12.2 Å². The molecule has 2 bridgehead atoms. The second-order valence-electron chi connectivity index (χ2n) is 10.1. The van der Waals surface area contributed by atoms with Gasteiger partial charge < -0.3 is 20.4 Å². The van der Waals surface area contributed by atoms with Crippen LogP contribution in [0.2, 0.25) is 0 Å². The van der Waals surface area contributed by atoms with Gasteiger partial charge in [0.2, 0.25) is 0 Å². The zero-order valence-electron chi connectivity index (χ0n) is 15.1. The minimum atomic E-state index is -1.35. The van der Waals surface area contributed by atoms with Crippen LogP contribution in [-0.4, -0.2) is 43.8 Å². The average molecular weight is 336 g/mol. The second kappa shape index (κ2) is 4.64. The maximum atomic E-state index is 11.6. The van der Waals surface area contributed by atoms with Crippen LogP contribution in [0.3, 0.4) is 0 Å². The highest BCUT2D eigenvalue weighted by Crippen LogP contribution is 2.68. The first-order valence-electron chi connectivity index (χ1n) is 9.45. The molecule has 4 rings (SSSR count). The summed E-state index contributed by atoms with van der Waals surface area (Å²) in [6.07, 6.45) is 2.95. The Balaban J connectivity index is 1.81. The standard InChI is InChI=1S/C20H32O4/c1-11-13-6-5-12-8-19(13,10-18(12,4)23)9-16(22)20(24)14(11)7-15(21)17(20,2)3/h12-16,21-24H,1,5-10H2,2-4H3/t12-,13+,14+,15-,16-,18-,19-,20+/m1/s1. The fourth-order valence-electron chi connectivity index (χ4n) is 7.16. The molecule has 0 aliphatic heterocycles. The number of aliphatic hydroxyl groups is 4. The Morgan fingerprint density at radius 2 is 1.62 bits per heavy atom. The van der Waals surface area contributed by atoms with E-state index in [0.717, 1.165) is 24.8 Å². The Bertz CT molecular complexity index is 582. The van der Waals surface area contributed by atoms with E-state index in [0.29, 0.717) is 19.3 Å². The van der Waals surface area contributed by atoms with Gasteiger partial charge in [0, 0.05) is 11.3 Å². The molecule has 24 heavy (non-hydrogen) atoms. The lowest BCUT2D eigenvalue weighted by molar-refractivity contribution is -0.169. The van der Waals surface area contributed by atoms with E-state index in [9.17, 15) is 20.4 Å². The highest BCUT2D eigenvalue weighted by atomic mass is 16.4. The Hall–Kier alpha value is -0.420. The van der Waals surface area contributed by atoms with Gasteiger partial charge in [0.05, 0.1) is 17.8 Å². The van der Waals surface area contributed by atoms with Crippen LogP contribution in [0.5, 0.6) is 0 Å². The summed E-state index contributed by atoms with van der Waals surface area (Å²) < 4.78 is 0. The van der Waals surface area contributed by atoms with E-state index in [4.69, 9.17) is 0 Å². The van der Waals surface area contributed by atoms with E-state index in [1.54, 1.807) is 0 Å². The molecule has 0 heterocycles. The molecule has 4 fully saturated rings. The Kier molecular flexibility index (Phi) is 3.29. The van der Waals surface area contributed by atoms with Crippen molar-refractivity contribution >= 4 is 0 Å². The molecule has 4 aliphatic rings. The maximum absolute atomic E-state index is 11.6. The Labute approximate surface area is 144 Å². The summed E-state index contributed by atoms with van der Waals surface area (Å²) >= 11 is 0. The monoisotopic (exact) mass is 336 g/mol. The minimum absolute atomic E-state index is 0.163. The molecule has 4 nitrogen and oxygen atoms in total. The first kappa shape index (κ1) is 17.0. The van der Waals surface area contributed by atoms with E-state index in [2.05, 4.69) is 6.58 Å². The molecular weight excluding hydrogens is 304 g/mol. The lowest BCUT2D eigenvalue weighted by atomic mass is 9.63.